The number of anilines is 1. The average molecular weight is 262 g/mol. The number of amides is 1. The van der Waals surface area contributed by atoms with E-state index >= 15 is 0 Å². The highest BCUT2D eigenvalue weighted by Gasteiger charge is 2.19. The van der Waals surface area contributed by atoms with Gasteiger partial charge in [-0.1, -0.05) is 19.8 Å². The summed E-state index contributed by atoms with van der Waals surface area (Å²) in [7, 11) is 0. The monoisotopic (exact) mass is 262 g/mol. The Morgan fingerprint density at radius 3 is 2.84 bits per heavy atom. The molecule has 0 unspecified atom stereocenters. The van der Waals surface area contributed by atoms with Gasteiger partial charge in [0, 0.05) is 12.7 Å². The molecule has 1 aliphatic rings. The predicted octanol–water partition coefficient (Wildman–Crippen LogP) is 1.92. The highest BCUT2D eigenvalue weighted by Crippen LogP contribution is 2.27. The van der Waals surface area contributed by atoms with E-state index in [1.54, 1.807) is 18.5 Å². The first-order valence-corrected chi connectivity index (χ1v) is 6.89. The highest BCUT2D eigenvalue weighted by atomic mass is 16.1. The summed E-state index contributed by atoms with van der Waals surface area (Å²) in [6.45, 7) is 3.04. The Bertz CT molecular complexity index is 427. The van der Waals surface area contributed by atoms with Crippen molar-refractivity contribution in [3.05, 3.63) is 24.0 Å². The normalized spacial score (nSPS) is 22.8. The van der Waals surface area contributed by atoms with Crippen LogP contribution in [0.2, 0.25) is 0 Å². The van der Waals surface area contributed by atoms with E-state index in [0.29, 0.717) is 17.2 Å². The lowest BCUT2D eigenvalue weighted by Crippen LogP contribution is -2.31. The molecule has 0 aromatic carbocycles. The summed E-state index contributed by atoms with van der Waals surface area (Å²) in [5.41, 5.74) is 3.59. The van der Waals surface area contributed by atoms with Gasteiger partial charge in [-0.2, -0.15) is 0 Å². The van der Waals surface area contributed by atoms with Gasteiger partial charge in [0.05, 0.1) is 17.4 Å². The number of hydrazine groups is 1. The standard InChI is InChI=1S/C14H22N4O/c1-10-2-4-11(5-3-10)8-17-14(19)12-6-7-16-9-13(12)18-15/h6-7,9-11,18H,2-5,8,15H2,1H3,(H,17,19). The van der Waals surface area contributed by atoms with Crippen LogP contribution in [-0.2, 0) is 0 Å². The van der Waals surface area contributed by atoms with Crippen LogP contribution in [0.4, 0.5) is 5.69 Å². The minimum Gasteiger partial charge on any atom is -0.352 e. The molecule has 0 bridgehead atoms. The van der Waals surface area contributed by atoms with Crippen molar-refractivity contribution in [1.82, 2.24) is 10.3 Å². The second-order valence-electron chi connectivity index (χ2n) is 5.40. The number of carbonyl (C=O) groups is 1. The van der Waals surface area contributed by atoms with Crippen molar-refractivity contribution >= 4 is 11.6 Å². The fourth-order valence-corrected chi connectivity index (χ4v) is 2.57. The summed E-state index contributed by atoms with van der Waals surface area (Å²) in [4.78, 5) is 16.0. The van der Waals surface area contributed by atoms with Crippen molar-refractivity contribution in [2.24, 2.45) is 17.7 Å². The van der Waals surface area contributed by atoms with Gasteiger partial charge in [-0.15, -0.1) is 0 Å². The largest absolute Gasteiger partial charge is 0.352 e. The van der Waals surface area contributed by atoms with E-state index < -0.39 is 0 Å². The van der Waals surface area contributed by atoms with Crippen molar-refractivity contribution < 1.29 is 4.79 Å². The van der Waals surface area contributed by atoms with Crippen LogP contribution >= 0.6 is 0 Å². The molecule has 1 aromatic heterocycles. The van der Waals surface area contributed by atoms with Gasteiger partial charge in [0.25, 0.3) is 5.91 Å². The van der Waals surface area contributed by atoms with Crippen molar-refractivity contribution in [1.29, 1.82) is 0 Å². The molecular weight excluding hydrogens is 240 g/mol. The van der Waals surface area contributed by atoms with E-state index in [9.17, 15) is 4.79 Å². The van der Waals surface area contributed by atoms with E-state index in [-0.39, 0.29) is 5.91 Å². The first kappa shape index (κ1) is 13.8. The molecule has 0 aliphatic heterocycles. The maximum Gasteiger partial charge on any atom is 0.253 e. The SMILES string of the molecule is CC1CCC(CNC(=O)c2ccncc2NN)CC1. The second-order valence-corrected chi connectivity index (χ2v) is 5.40. The number of nitrogens with one attached hydrogen (secondary N) is 2. The van der Waals surface area contributed by atoms with Crippen LogP contribution in [-0.4, -0.2) is 17.4 Å². The summed E-state index contributed by atoms with van der Waals surface area (Å²) >= 11 is 0. The summed E-state index contributed by atoms with van der Waals surface area (Å²) in [5, 5.41) is 3.00. The van der Waals surface area contributed by atoms with Crippen molar-refractivity contribution in [2.75, 3.05) is 12.0 Å². The summed E-state index contributed by atoms with van der Waals surface area (Å²) in [6.07, 6.45) is 8.10. The van der Waals surface area contributed by atoms with Gasteiger partial charge in [-0.05, 0) is 30.7 Å². The van der Waals surface area contributed by atoms with Crippen LogP contribution in [0.25, 0.3) is 0 Å². The van der Waals surface area contributed by atoms with E-state index in [4.69, 9.17) is 5.84 Å². The third-order valence-electron chi connectivity index (χ3n) is 3.91. The maximum atomic E-state index is 12.1. The number of nitrogens with two attached hydrogens (primary N) is 1. The molecule has 0 spiro atoms. The van der Waals surface area contributed by atoms with Crippen LogP contribution in [0.5, 0.6) is 0 Å². The Kier molecular flexibility index (Phi) is 4.74. The Labute approximate surface area is 114 Å². The van der Waals surface area contributed by atoms with Gasteiger partial charge in [-0.25, -0.2) is 0 Å². The smallest absolute Gasteiger partial charge is 0.253 e. The van der Waals surface area contributed by atoms with Crippen LogP contribution < -0.4 is 16.6 Å². The molecule has 104 valence electrons. The molecule has 0 atom stereocenters. The number of aromatic nitrogens is 1. The quantitative estimate of drug-likeness (QED) is 0.572. The number of pyridine rings is 1. The van der Waals surface area contributed by atoms with Gasteiger partial charge < -0.3 is 10.7 Å². The topological polar surface area (TPSA) is 80.0 Å². The number of nitrogen functional groups attached to an aromatic ring is 1. The molecule has 19 heavy (non-hydrogen) atoms. The maximum absolute atomic E-state index is 12.1. The molecule has 4 N–H and O–H groups in total. The Morgan fingerprint density at radius 2 is 2.16 bits per heavy atom. The molecule has 1 aromatic rings. The van der Waals surface area contributed by atoms with E-state index in [1.165, 1.54) is 25.7 Å². The van der Waals surface area contributed by atoms with Crippen LogP contribution in [0.1, 0.15) is 43.0 Å². The number of rotatable bonds is 4. The van der Waals surface area contributed by atoms with Crippen molar-refractivity contribution in [2.45, 2.75) is 32.6 Å². The lowest BCUT2D eigenvalue weighted by molar-refractivity contribution is 0.0942. The highest BCUT2D eigenvalue weighted by molar-refractivity contribution is 5.99. The molecule has 1 heterocycles. The summed E-state index contributed by atoms with van der Waals surface area (Å²) < 4.78 is 0. The zero-order chi connectivity index (χ0) is 13.7. The molecule has 0 radical (unpaired) electrons. The minimum absolute atomic E-state index is 0.0889. The average Bonchev–Trinajstić information content (AvgIpc) is 2.46. The van der Waals surface area contributed by atoms with Gasteiger partial charge >= 0.3 is 0 Å². The van der Waals surface area contributed by atoms with E-state index in [1.807, 2.05) is 0 Å². The fraction of sp³-hybridized carbons (Fsp3) is 0.571. The minimum atomic E-state index is -0.0889. The molecule has 1 amide bonds. The molecule has 1 fully saturated rings. The summed E-state index contributed by atoms with van der Waals surface area (Å²) in [5.74, 6) is 6.72. The van der Waals surface area contributed by atoms with Crippen LogP contribution in [0.3, 0.4) is 0 Å². The molecule has 1 aliphatic carbocycles. The lowest BCUT2D eigenvalue weighted by atomic mass is 9.83. The number of hydrogen-bond donors (Lipinski definition) is 3. The van der Waals surface area contributed by atoms with Gasteiger partial charge in [0.2, 0.25) is 0 Å². The zero-order valence-corrected chi connectivity index (χ0v) is 11.4. The first-order valence-electron chi connectivity index (χ1n) is 6.89. The zero-order valence-electron chi connectivity index (χ0n) is 11.4. The lowest BCUT2D eigenvalue weighted by Gasteiger charge is -2.26. The van der Waals surface area contributed by atoms with Crippen molar-refractivity contribution in [3.8, 4) is 0 Å². The molecule has 5 heteroatoms. The molecule has 2 rings (SSSR count). The van der Waals surface area contributed by atoms with Gasteiger partial charge in [-0.3, -0.25) is 15.6 Å². The van der Waals surface area contributed by atoms with Crippen molar-refractivity contribution in [3.63, 3.8) is 0 Å². The molecule has 0 saturated heterocycles. The third-order valence-corrected chi connectivity index (χ3v) is 3.91. The number of nitrogens with zero attached hydrogens (tertiary/aromatic N) is 1. The second kappa shape index (κ2) is 6.52. The Morgan fingerprint density at radius 1 is 1.42 bits per heavy atom. The number of carbonyl (C=O) groups excluding carboxylic acids is 1. The summed E-state index contributed by atoms with van der Waals surface area (Å²) in [6, 6.07) is 1.67. The third kappa shape index (κ3) is 3.67. The Balaban J connectivity index is 1.87. The fourth-order valence-electron chi connectivity index (χ4n) is 2.57. The van der Waals surface area contributed by atoms with Crippen LogP contribution in [0, 0.1) is 11.8 Å². The first-order chi connectivity index (χ1) is 9.20. The molecule has 1 saturated carbocycles. The predicted molar refractivity (Wildman–Crippen MR) is 75.5 cm³/mol. The number of hydrogen-bond acceptors (Lipinski definition) is 4. The van der Waals surface area contributed by atoms with E-state index in [2.05, 4.69) is 22.7 Å². The molecular formula is C14H22N4O. The van der Waals surface area contributed by atoms with Gasteiger partial charge in [0.1, 0.15) is 0 Å². The van der Waals surface area contributed by atoms with Crippen LogP contribution in [0.15, 0.2) is 18.5 Å². The van der Waals surface area contributed by atoms with Gasteiger partial charge in [0.15, 0.2) is 0 Å². The van der Waals surface area contributed by atoms with E-state index in [0.717, 1.165) is 12.5 Å². The Hall–Kier alpha value is -1.62. The molecule has 5 nitrogen and oxygen atoms in total.